The van der Waals surface area contributed by atoms with Gasteiger partial charge in [0.1, 0.15) is 10.0 Å². The first-order valence-corrected chi connectivity index (χ1v) is 11.2. The monoisotopic (exact) mass is 417 g/mol. The van der Waals surface area contributed by atoms with Crippen molar-refractivity contribution in [1.29, 1.82) is 0 Å². The summed E-state index contributed by atoms with van der Waals surface area (Å²) in [5, 5.41) is 0.173. The van der Waals surface area contributed by atoms with Crippen LogP contribution in [0.1, 0.15) is 19.4 Å². The molecule has 10 heteroatoms. The van der Waals surface area contributed by atoms with Crippen molar-refractivity contribution in [2.24, 2.45) is 0 Å². The highest BCUT2D eigenvalue weighted by molar-refractivity contribution is 7.92. The first-order valence-electron chi connectivity index (χ1n) is 7.87. The lowest BCUT2D eigenvalue weighted by molar-refractivity contribution is 0.445. The topological polar surface area (TPSA) is 96.4 Å². The molecule has 0 radical (unpaired) electrons. The molecule has 0 amide bonds. The van der Waals surface area contributed by atoms with Gasteiger partial charge in [0.15, 0.2) is 0 Å². The quantitative estimate of drug-likeness (QED) is 0.698. The van der Waals surface area contributed by atoms with Gasteiger partial charge in [-0.1, -0.05) is 31.5 Å². The lowest BCUT2D eigenvalue weighted by Crippen LogP contribution is -2.31. The van der Waals surface area contributed by atoms with Gasteiger partial charge in [0.2, 0.25) is 10.0 Å². The van der Waals surface area contributed by atoms with Crippen LogP contribution in [0.5, 0.6) is 0 Å². The van der Waals surface area contributed by atoms with Gasteiger partial charge < -0.3 is 0 Å². The third kappa shape index (κ3) is 4.35. The second-order valence-electron chi connectivity index (χ2n) is 5.49. The Morgan fingerprint density at radius 1 is 1.08 bits per heavy atom. The molecular weight excluding hydrogens is 398 g/mol. The van der Waals surface area contributed by atoms with E-state index in [1.54, 1.807) is 26.8 Å². The standard InChI is InChI=1S/C16H20ClN3O4S2/c1-4-20(5-2)26(23,24)15-10-13(7-6-12(15)3)19-25(21,22)14-8-9-16(17)18-11-14/h6-11,19H,4-5H2,1-3H3. The number of aryl methyl sites for hydroxylation is 1. The number of aromatic nitrogens is 1. The van der Waals surface area contributed by atoms with Gasteiger partial charge in [0.05, 0.1) is 10.6 Å². The fraction of sp³-hybridized carbons (Fsp3) is 0.312. The van der Waals surface area contributed by atoms with Crippen LogP contribution in [0.4, 0.5) is 5.69 Å². The van der Waals surface area contributed by atoms with E-state index in [4.69, 9.17) is 11.6 Å². The molecule has 0 atom stereocenters. The Hall–Kier alpha value is -1.68. The number of rotatable bonds is 7. The maximum absolute atomic E-state index is 12.8. The van der Waals surface area contributed by atoms with Crippen LogP contribution in [-0.2, 0) is 20.0 Å². The van der Waals surface area contributed by atoms with Crippen molar-refractivity contribution < 1.29 is 16.8 Å². The Labute approximate surface area is 159 Å². The van der Waals surface area contributed by atoms with E-state index in [1.165, 1.54) is 28.6 Å². The Balaban J connectivity index is 2.42. The van der Waals surface area contributed by atoms with Gasteiger partial charge in [-0.15, -0.1) is 0 Å². The maximum atomic E-state index is 12.8. The third-order valence-electron chi connectivity index (χ3n) is 3.77. The van der Waals surface area contributed by atoms with Crippen LogP contribution in [0.2, 0.25) is 5.15 Å². The van der Waals surface area contributed by atoms with Crippen molar-refractivity contribution in [1.82, 2.24) is 9.29 Å². The fourth-order valence-electron chi connectivity index (χ4n) is 2.38. The molecule has 2 aromatic rings. The molecular formula is C16H20ClN3O4S2. The molecule has 7 nitrogen and oxygen atoms in total. The normalized spacial score (nSPS) is 12.3. The van der Waals surface area contributed by atoms with Crippen molar-refractivity contribution in [3.63, 3.8) is 0 Å². The van der Waals surface area contributed by atoms with Crippen molar-refractivity contribution >= 4 is 37.3 Å². The molecule has 0 aliphatic carbocycles. The predicted octanol–water partition coefficient (Wildman–Crippen LogP) is 2.87. The fourth-order valence-corrected chi connectivity index (χ4v) is 5.19. The molecule has 0 bridgehead atoms. The lowest BCUT2D eigenvalue weighted by Gasteiger charge is -2.20. The molecule has 0 aliphatic heterocycles. The minimum atomic E-state index is -3.92. The summed E-state index contributed by atoms with van der Waals surface area (Å²) >= 11 is 5.67. The second-order valence-corrected chi connectivity index (χ2v) is 9.47. The maximum Gasteiger partial charge on any atom is 0.263 e. The van der Waals surface area contributed by atoms with Crippen LogP contribution in [0.15, 0.2) is 46.3 Å². The largest absolute Gasteiger partial charge is 0.280 e. The molecule has 0 aliphatic rings. The highest BCUT2D eigenvalue weighted by Gasteiger charge is 2.24. The third-order valence-corrected chi connectivity index (χ3v) is 7.56. The Bertz CT molecular complexity index is 987. The van der Waals surface area contributed by atoms with Crippen LogP contribution < -0.4 is 4.72 Å². The van der Waals surface area contributed by atoms with E-state index in [1.807, 2.05) is 0 Å². The van der Waals surface area contributed by atoms with Crippen molar-refractivity contribution in [3.05, 3.63) is 47.2 Å². The molecule has 26 heavy (non-hydrogen) atoms. The molecule has 0 fully saturated rings. The summed E-state index contributed by atoms with van der Waals surface area (Å²) in [4.78, 5) is 3.74. The minimum absolute atomic E-state index is 0.0654. The van der Waals surface area contributed by atoms with Gasteiger partial charge in [-0.25, -0.2) is 21.8 Å². The molecule has 1 aromatic heterocycles. The van der Waals surface area contributed by atoms with Crippen molar-refractivity contribution in [2.45, 2.75) is 30.6 Å². The number of anilines is 1. The summed E-state index contributed by atoms with van der Waals surface area (Å²) in [6.45, 7) is 5.81. The van der Waals surface area contributed by atoms with Crippen molar-refractivity contribution in [2.75, 3.05) is 17.8 Å². The number of hydrogen-bond acceptors (Lipinski definition) is 5. The molecule has 1 heterocycles. The molecule has 0 saturated carbocycles. The van der Waals surface area contributed by atoms with Gasteiger partial charge in [-0.2, -0.15) is 4.31 Å². The molecule has 1 aromatic carbocycles. The first-order chi connectivity index (χ1) is 12.1. The van der Waals surface area contributed by atoms with Crippen LogP contribution in [-0.4, -0.2) is 39.2 Å². The van der Waals surface area contributed by atoms with E-state index in [-0.39, 0.29) is 20.6 Å². The number of sulfonamides is 2. The summed E-state index contributed by atoms with van der Waals surface area (Å²) in [5.74, 6) is 0. The second kappa shape index (κ2) is 7.91. The van der Waals surface area contributed by atoms with Gasteiger partial charge >= 0.3 is 0 Å². The molecule has 142 valence electrons. The first kappa shape index (κ1) is 20.6. The van der Waals surface area contributed by atoms with Crippen LogP contribution in [0.3, 0.4) is 0 Å². The van der Waals surface area contributed by atoms with E-state index >= 15 is 0 Å². The number of nitrogens with zero attached hydrogens (tertiary/aromatic N) is 2. The molecule has 0 saturated heterocycles. The van der Waals surface area contributed by atoms with E-state index < -0.39 is 20.0 Å². The van der Waals surface area contributed by atoms with E-state index in [2.05, 4.69) is 9.71 Å². The Morgan fingerprint density at radius 2 is 1.73 bits per heavy atom. The lowest BCUT2D eigenvalue weighted by atomic mass is 10.2. The zero-order chi connectivity index (χ0) is 19.5. The van der Waals surface area contributed by atoms with Crippen LogP contribution >= 0.6 is 11.6 Å². The molecule has 0 spiro atoms. The van der Waals surface area contributed by atoms with E-state index in [9.17, 15) is 16.8 Å². The number of halogens is 1. The Kier molecular flexibility index (Phi) is 6.28. The average molecular weight is 418 g/mol. The Morgan fingerprint density at radius 3 is 2.27 bits per heavy atom. The molecule has 2 rings (SSSR count). The van der Waals surface area contributed by atoms with E-state index in [0.29, 0.717) is 18.7 Å². The van der Waals surface area contributed by atoms with Crippen molar-refractivity contribution in [3.8, 4) is 0 Å². The number of hydrogen-bond donors (Lipinski definition) is 1. The SMILES string of the molecule is CCN(CC)S(=O)(=O)c1cc(NS(=O)(=O)c2ccc(Cl)nc2)ccc1C. The zero-order valence-corrected chi connectivity index (χ0v) is 17.0. The van der Waals surface area contributed by atoms with Gasteiger partial charge in [0, 0.05) is 19.3 Å². The molecule has 0 unspecified atom stereocenters. The average Bonchev–Trinajstić information content (AvgIpc) is 2.57. The minimum Gasteiger partial charge on any atom is -0.280 e. The number of pyridine rings is 1. The highest BCUT2D eigenvalue weighted by Crippen LogP contribution is 2.25. The summed E-state index contributed by atoms with van der Waals surface area (Å²) in [6, 6.07) is 7.08. The van der Waals surface area contributed by atoms with E-state index in [0.717, 1.165) is 6.20 Å². The summed E-state index contributed by atoms with van der Waals surface area (Å²) in [7, 11) is -7.63. The highest BCUT2D eigenvalue weighted by atomic mass is 35.5. The number of benzene rings is 1. The predicted molar refractivity (Wildman–Crippen MR) is 101 cm³/mol. The van der Waals surface area contributed by atoms with Gasteiger partial charge in [0.25, 0.3) is 10.0 Å². The summed E-state index contributed by atoms with van der Waals surface area (Å²) in [6.07, 6.45) is 1.13. The van der Waals surface area contributed by atoms with Gasteiger partial charge in [-0.05, 0) is 36.8 Å². The smallest absolute Gasteiger partial charge is 0.263 e. The summed E-state index contributed by atoms with van der Waals surface area (Å²) in [5.41, 5.74) is 0.685. The van der Waals surface area contributed by atoms with Crippen LogP contribution in [0, 0.1) is 6.92 Å². The molecule has 1 N–H and O–H groups in total. The van der Waals surface area contributed by atoms with Crippen LogP contribution in [0.25, 0.3) is 0 Å². The summed E-state index contributed by atoms with van der Waals surface area (Å²) < 4.78 is 54.1. The zero-order valence-electron chi connectivity index (χ0n) is 14.6. The van der Waals surface area contributed by atoms with Gasteiger partial charge in [-0.3, -0.25) is 4.72 Å². The number of nitrogens with one attached hydrogen (secondary N) is 1.